The lowest BCUT2D eigenvalue weighted by Gasteiger charge is -2.18. The lowest BCUT2D eigenvalue weighted by atomic mass is 9.95. The quantitative estimate of drug-likeness (QED) is 0.854. The number of aromatic nitrogens is 1. The average Bonchev–Trinajstić information content (AvgIpc) is 2.89. The number of thiophene rings is 1. The SMILES string of the molecule is O=C(O)c1cc2c(nc1NCc1sccc1Br)CCCC2. The first-order chi connectivity index (χ1) is 10.1. The Kier molecular flexibility index (Phi) is 4.26. The molecule has 2 heterocycles. The Morgan fingerprint density at radius 3 is 2.95 bits per heavy atom. The number of carboxylic acid groups (broad SMARTS) is 1. The van der Waals surface area contributed by atoms with Crippen LogP contribution in [0.4, 0.5) is 5.82 Å². The molecule has 3 rings (SSSR count). The maximum atomic E-state index is 11.4. The number of halogens is 1. The van der Waals surface area contributed by atoms with E-state index in [9.17, 15) is 9.90 Å². The van der Waals surface area contributed by atoms with Crippen molar-refractivity contribution in [3.63, 3.8) is 0 Å². The molecular formula is C15H15BrN2O2S. The highest BCUT2D eigenvalue weighted by atomic mass is 79.9. The fourth-order valence-corrected chi connectivity index (χ4v) is 3.98. The minimum atomic E-state index is -0.927. The van der Waals surface area contributed by atoms with E-state index in [1.54, 1.807) is 17.4 Å². The van der Waals surface area contributed by atoms with Crippen molar-refractivity contribution in [2.24, 2.45) is 0 Å². The number of carboxylic acids is 1. The maximum Gasteiger partial charge on any atom is 0.339 e. The lowest BCUT2D eigenvalue weighted by molar-refractivity contribution is 0.0697. The van der Waals surface area contributed by atoms with E-state index in [2.05, 4.69) is 26.2 Å². The third kappa shape index (κ3) is 3.11. The van der Waals surface area contributed by atoms with Gasteiger partial charge in [0.2, 0.25) is 0 Å². The van der Waals surface area contributed by atoms with Crippen LogP contribution in [0.15, 0.2) is 22.0 Å². The second kappa shape index (κ2) is 6.15. The van der Waals surface area contributed by atoms with Gasteiger partial charge in [0.25, 0.3) is 0 Å². The molecule has 0 aromatic carbocycles. The molecule has 0 amide bonds. The highest BCUT2D eigenvalue weighted by Gasteiger charge is 2.19. The predicted octanol–water partition coefficient (Wildman–Crippen LogP) is 4.09. The summed E-state index contributed by atoms with van der Waals surface area (Å²) in [5.41, 5.74) is 2.39. The van der Waals surface area contributed by atoms with Crippen LogP contribution in [0.25, 0.3) is 0 Å². The van der Waals surface area contributed by atoms with Gasteiger partial charge in [-0.2, -0.15) is 0 Å². The second-order valence-electron chi connectivity index (χ2n) is 5.05. The third-order valence-corrected chi connectivity index (χ3v) is 5.56. The zero-order valence-electron chi connectivity index (χ0n) is 11.4. The van der Waals surface area contributed by atoms with Crippen molar-refractivity contribution in [1.82, 2.24) is 4.98 Å². The van der Waals surface area contributed by atoms with Crippen LogP contribution >= 0.6 is 27.3 Å². The van der Waals surface area contributed by atoms with Crippen molar-refractivity contribution in [2.45, 2.75) is 32.2 Å². The zero-order chi connectivity index (χ0) is 14.8. The molecule has 110 valence electrons. The van der Waals surface area contributed by atoms with E-state index in [1.807, 2.05) is 11.4 Å². The molecule has 1 aliphatic rings. The second-order valence-corrected chi connectivity index (χ2v) is 6.90. The molecule has 0 saturated carbocycles. The van der Waals surface area contributed by atoms with E-state index in [-0.39, 0.29) is 5.56 Å². The highest BCUT2D eigenvalue weighted by molar-refractivity contribution is 9.10. The molecule has 6 heteroatoms. The Morgan fingerprint density at radius 2 is 2.24 bits per heavy atom. The van der Waals surface area contributed by atoms with Crippen molar-refractivity contribution < 1.29 is 9.90 Å². The molecule has 2 aromatic heterocycles. The minimum Gasteiger partial charge on any atom is -0.478 e. The molecule has 0 atom stereocenters. The van der Waals surface area contributed by atoms with Gasteiger partial charge in [-0.05, 0) is 64.7 Å². The smallest absolute Gasteiger partial charge is 0.339 e. The summed E-state index contributed by atoms with van der Waals surface area (Å²) in [6, 6.07) is 3.77. The number of nitrogens with one attached hydrogen (secondary N) is 1. The maximum absolute atomic E-state index is 11.4. The number of anilines is 1. The summed E-state index contributed by atoms with van der Waals surface area (Å²) in [6.45, 7) is 0.574. The van der Waals surface area contributed by atoms with Gasteiger partial charge in [0, 0.05) is 15.0 Å². The average molecular weight is 367 g/mol. The number of pyridine rings is 1. The minimum absolute atomic E-state index is 0.267. The third-order valence-electron chi connectivity index (χ3n) is 3.64. The monoisotopic (exact) mass is 366 g/mol. The molecule has 0 spiro atoms. The van der Waals surface area contributed by atoms with Gasteiger partial charge in [0.05, 0.1) is 6.54 Å². The first-order valence-electron chi connectivity index (χ1n) is 6.87. The summed E-state index contributed by atoms with van der Waals surface area (Å²) in [4.78, 5) is 17.1. The zero-order valence-corrected chi connectivity index (χ0v) is 13.8. The van der Waals surface area contributed by atoms with Gasteiger partial charge in [0.15, 0.2) is 0 Å². The molecule has 0 fully saturated rings. The number of aryl methyl sites for hydroxylation is 2. The van der Waals surface area contributed by atoms with Gasteiger partial charge in [-0.3, -0.25) is 0 Å². The fourth-order valence-electron chi connectivity index (χ4n) is 2.55. The van der Waals surface area contributed by atoms with Crippen molar-refractivity contribution in [3.05, 3.63) is 43.7 Å². The molecular weight excluding hydrogens is 352 g/mol. The summed E-state index contributed by atoms with van der Waals surface area (Å²) < 4.78 is 1.04. The van der Waals surface area contributed by atoms with Gasteiger partial charge in [0.1, 0.15) is 11.4 Å². The molecule has 1 aliphatic carbocycles. The van der Waals surface area contributed by atoms with Crippen LogP contribution in [0, 0.1) is 0 Å². The summed E-state index contributed by atoms with van der Waals surface area (Å²) in [7, 11) is 0. The fraction of sp³-hybridized carbons (Fsp3) is 0.333. The van der Waals surface area contributed by atoms with E-state index in [4.69, 9.17) is 0 Å². The topological polar surface area (TPSA) is 62.2 Å². The molecule has 2 N–H and O–H groups in total. The van der Waals surface area contributed by atoms with Gasteiger partial charge in [-0.25, -0.2) is 9.78 Å². The number of rotatable bonds is 4. The van der Waals surface area contributed by atoms with E-state index >= 15 is 0 Å². The number of hydrogen-bond donors (Lipinski definition) is 2. The molecule has 4 nitrogen and oxygen atoms in total. The van der Waals surface area contributed by atoms with Crippen LogP contribution in [0.5, 0.6) is 0 Å². The Bertz CT molecular complexity index is 684. The molecule has 0 radical (unpaired) electrons. The molecule has 0 aliphatic heterocycles. The Morgan fingerprint density at radius 1 is 1.43 bits per heavy atom. The molecule has 0 bridgehead atoms. The first-order valence-corrected chi connectivity index (χ1v) is 8.54. The van der Waals surface area contributed by atoms with Crippen molar-refractivity contribution in [2.75, 3.05) is 5.32 Å². The van der Waals surface area contributed by atoms with Crippen LogP contribution in [0.1, 0.15) is 39.3 Å². The van der Waals surface area contributed by atoms with Gasteiger partial charge in [-0.1, -0.05) is 0 Å². The summed E-state index contributed by atoms with van der Waals surface area (Å²) in [5, 5.41) is 14.6. The standard InChI is InChI=1S/C15H15BrN2O2S/c16-11-5-6-21-13(11)8-17-14-10(15(19)20)7-9-3-1-2-4-12(9)18-14/h5-7H,1-4,8H2,(H,17,18)(H,19,20). The highest BCUT2D eigenvalue weighted by Crippen LogP contribution is 2.27. The van der Waals surface area contributed by atoms with E-state index in [0.29, 0.717) is 12.4 Å². The van der Waals surface area contributed by atoms with Crippen LogP contribution in [0.2, 0.25) is 0 Å². The first kappa shape index (κ1) is 14.5. The van der Waals surface area contributed by atoms with E-state index in [1.165, 1.54) is 0 Å². The Hall–Kier alpha value is -1.40. The van der Waals surface area contributed by atoms with E-state index in [0.717, 1.165) is 46.3 Å². The number of hydrogen-bond acceptors (Lipinski definition) is 4. The van der Waals surface area contributed by atoms with Crippen molar-refractivity contribution in [1.29, 1.82) is 0 Å². The Balaban J connectivity index is 1.89. The van der Waals surface area contributed by atoms with Crippen LogP contribution in [-0.2, 0) is 19.4 Å². The number of fused-ring (bicyclic) bond motifs is 1. The van der Waals surface area contributed by atoms with Crippen molar-refractivity contribution >= 4 is 39.1 Å². The van der Waals surface area contributed by atoms with Crippen LogP contribution < -0.4 is 5.32 Å². The van der Waals surface area contributed by atoms with Gasteiger partial charge in [-0.15, -0.1) is 11.3 Å². The number of aromatic carboxylic acids is 1. The van der Waals surface area contributed by atoms with Crippen molar-refractivity contribution in [3.8, 4) is 0 Å². The summed E-state index contributed by atoms with van der Waals surface area (Å²) in [5.74, 6) is -0.452. The van der Waals surface area contributed by atoms with E-state index < -0.39 is 5.97 Å². The van der Waals surface area contributed by atoms with Gasteiger partial charge >= 0.3 is 5.97 Å². The largest absolute Gasteiger partial charge is 0.478 e. The normalized spacial score (nSPS) is 13.8. The summed E-state index contributed by atoms with van der Waals surface area (Å²) >= 11 is 5.11. The van der Waals surface area contributed by atoms with Gasteiger partial charge < -0.3 is 10.4 Å². The lowest BCUT2D eigenvalue weighted by Crippen LogP contribution is -2.14. The van der Waals surface area contributed by atoms with Crippen LogP contribution in [-0.4, -0.2) is 16.1 Å². The summed E-state index contributed by atoms with van der Waals surface area (Å²) in [6.07, 6.45) is 4.11. The number of nitrogens with zero attached hydrogens (tertiary/aromatic N) is 1. The molecule has 0 saturated heterocycles. The number of carbonyl (C=O) groups is 1. The molecule has 21 heavy (non-hydrogen) atoms. The Labute approximate surface area is 135 Å². The molecule has 0 unspecified atom stereocenters. The van der Waals surface area contributed by atoms with Crippen LogP contribution in [0.3, 0.4) is 0 Å². The molecule has 2 aromatic rings. The predicted molar refractivity (Wildman–Crippen MR) is 87.2 cm³/mol.